The van der Waals surface area contributed by atoms with Crippen molar-refractivity contribution in [3.05, 3.63) is 35.1 Å². The Bertz CT molecular complexity index is 477. The Hall–Kier alpha value is 0.785. The van der Waals surface area contributed by atoms with Crippen LogP contribution in [0.5, 0.6) is 5.75 Å². The molecule has 0 saturated heterocycles. The van der Waals surface area contributed by atoms with Gasteiger partial charge >= 0.3 is 58.2 Å². The van der Waals surface area contributed by atoms with Crippen LogP contribution in [0.4, 0.5) is 0 Å². The first-order valence-electron chi connectivity index (χ1n) is 9.37. The molecule has 0 aliphatic heterocycles. The Balaban J connectivity index is 0.00000576. The third kappa shape index (κ3) is 10.6. The topological polar surface area (TPSA) is 23.3 Å². The van der Waals surface area contributed by atoms with Crippen molar-refractivity contribution >= 4 is 0 Å². The van der Waals surface area contributed by atoms with Gasteiger partial charge in [-0.1, -0.05) is 78.5 Å². The van der Waals surface area contributed by atoms with Crippen LogP contribution < -0.4 is 62.9 Å². The third-order valence-corrected chi connectivity index (χ3v) is 4.84. The summed E-state index contributed by atoms with van der Waals surface area (Å²) in [6.07, 6.45) is 1.20. The minimum absolute atomic E-state index is 0. The molecule has 0 bridgehead atoms. The minimum Gasteiger partial charge on any atom is -0.658 e. The summed E-state index contributed by atoms with van der Waals surface area (Å²) in [6, 6.07) is 8.37. The van der Waals surface area contributed by atoms with Gasteiger partial charge in [0, 0.05) is 0 Å². The molecule has 2 nitrogen and oxygen atoms in total. The second-order valence-corrected chi connectivity index (χ2v) is 9.37. The number of benzene rings is 1. The predicted octanol–water partition coefficient (Wildman–Crippen LogP) is 3.70. The van der Waals surface area contributed by atoms with Crippen molar-refractivity contribution in [2.24, 2.45) is 22.7 Å². The zero-order chi connectivity index (χ0) is 18.4. The van der Waals surface area contributed by atoms with Crippen molar-refractivity contribution in [2.75, 3.05) is 13.2 Å². The van der Waals surface area contributed by atoms with Gasteiger partial charge in [-0.2, -0.15) is 0 Å². The molecular weight excluding hydrogens is 380 g/mol. The molecule has 0 radical (unpaired) electrons. The summed E-state index contributed by atoms with van der Waals surface area (Å²) in [5.41, 5.74) is 1.86. The summed E-state index contributed by atoms with van der Waals surface area (Å²) < 4.78 is 5.73. The number of rotatable bonds is 10. The first-order chi connectivity index (χ1) is 11.0. The average Bonchev–Trinajstić information content (AvgIpc) is 2.45. The van der Waals surface area contributed by atoms with Gasteiger partial charge in [0.15, 0.2) is 0 Å². The summed E-state index contributed by atoms with van der Waals surface area (Å²) in [7, 11) is 0. The van der Waals surface area contributed by atoms with Crippen molar-refractivity contribution in [1.29, 1.82) is 0 Å². The molecule has 1 aromatic rings. The first kappa shape index (κ1) is 25.8. The Morgan fingerprint density at radius 3 is 2.00 bits per heavy atom. The van der Waals surface area contributed by atoms with E-state index in [4.69, 9.17) is 10.1 Å². The van der Waals surface area contributed by atoms with Crippen LogP contribution in [0.2, 0.25) is 0 Å². The number of hydrogen-bond acceptors (Lipinski definition) is 1. The van der Waals surface area contributed by atoms with Crippen LogP contribution in [-0.4, -0.2) is 13.2 Å². The smallest absolute Gasteiger partial charge is 0.658 e. The molecule has 1 rings (SSSR count). The molecule has 0 spiro atoms. The van der Waals surface area contributed by atoms with Gasteiger partial charge in [-0.25, -0.2) is 0 Å². The van der Waals surface area contributed by atoms with Crippen LogP contribution in [-0.2, 0) is 6.54 Å². The Morgan fingerprint density at radius 1 is 0.960 bits per heavy atom. The van der Waals surface area contributed by atoms with Gasteiger partial charge in [-0.15, -0.1) is 13.1 Å². The number of hydrogen-bond donors (Lipinski definition) is 0. The molecule has 0 aromatic heterocycles. The molecule has 0 heterocycles. The molecule has 3 heteroatoms. The standard InChI is InChI=1S/C22H38NO.Rb/c1-17(2)14-24-20-11-9-19(10-12-20)13-23-16-21(5,6)15-22(7,8)18(3)4;/h9-12,17-18H,13-16H2,1-8H3;/q-1;+1. The maximum atomic E-state index is 5.73. The molecule has 0 amide bonds. The molecule has 25 heavy (non-hydrogen) atoms. The molecule has 1 aromatic carbocycles. The van der Waals surface area contributed by atoms with E-state index in [2.05, 4.69) is 79.7 Å². The van der Waals surface area contributed by atoms with Gasteiger partial charge < -0.3 is 10.1 Å². The maximum Gasteiger partial charge on any atom is 1.00 e. The molecule has 138 valence electrons. The van der Waals surface area contributed by atoms with E-state index in [0.717, 1.165) is 25.4 Å². The van der Waals surface area contributed by atoms with Gasteiger partial charge in [-0.3, -0.25) is 0 Å². The van der Waals surface area contributed by atoms with E-state index in [0.29, 0.717) is 17.3 Å². The monoisotopic (exact) mass is 417 g/mol. The summed E-state index contributed by atoms with van der Waals surface area (Å²) >= 11 is 0. The van der Waals surface area contributed by atoms with Crippen molar-refractivity contribution < 1.29 is 62.9 Å². The van der Waals surface area contributed by atoms with Crippen LogP contribution in [0.3, 0.4) is 0 Å². The van der Waals surface area contributed by atoms with Gasteiger partial charge in [0.1, 0.15) is 5.75 Å². The first-order valence-corrected chi connectivity index (χ1v) is 9.37. The molecule has 0 N–H and O–H groups in total. The normalized spacial score (nSPS) is 12.4. The molecule has 0 aliphatic rings. The fourth-order valence-electron chi connectivity index (χ4n) is 2.94. The van der Waals surface area contributed by atoms with Crippen LogP contribution in [0.1, 0.15) is 67.4 Å². The van der Waals surface area contributed by atoms with Gasteiger partial charge in [-0.05, 0) is 35.8 Å². The number of ether oxygens (including phenoxy) is 1. The molecule has 0 atom stereocenters. The van der Waals surface area contributed by atoms with Gasteiger partial charge in [0.05, 0.1) is 6.61 Å². The second kappa shape index (κ2) is 11.6. The zero-order valence-corrected chi connectivity index (χ0v) is 23.1. The molecule has 0 unspecified atom stereocenters. The Kier molecular flexibility index (Phi) is 12.0. The summed E-state index contributed by atoms with van der Waals surface area (Å²) in [5.74, 6) is 2.19. The van der Waals surface area contributed by atoms with E-state index in [9.17, 15) is 0 Å². The molecule has 0 saturated carbocycles. The summed E-state index contributed by atoms with van der Waals surface area (Å²) in [6.45, 7) is 20.8. The number of nitrogens with zero attached hydrogens (tertiary/aromatic N) is 1. The largest absolute Gasteiger partial charge is 1.00 e. The predicted molar refractivity (Wildman–Crippen MR) is 106 cm³/mol. The molecule has 0 aliphatic carbocycles. The van der Waals surface area contributed by atoms with E-state index in [-0.39, 0.29) is 63.6 Å². The summed E-state index contributed by atoms with van der Waals surface area (Å²) in [4.78, 5) is 0. The molecule has 0 fully saturated rings. The average molecular weight is 418 g/mol. The van der Waals surface area contributed by atoms with Gasteiger partial charge in [0.25, 0.3) is 0 Å². The van der Waals surface area contributed by atoms with Crippen molar-refractivity contribution in [2.45, 2.75) is 68.4 Å². The quantitative estimate of drug-likeness (QED) is 0.569. The van der Waals surface area contributed by atoms with E-state index in [1.54, 1.807) is 0 Å². The van der Waals surface area contributed by atoms with E-state index in [1.807, 2.05) is 0 Å². The van der Waals surface area contributed by atoms with Gasteiger partial charge in [0.2, 0.25) is 0 Å². The Labute approximate surface area is 205 Å². The fraction of sp³-hybridized carbons (Fsp3) is 0.727. The Morgan fingerprint density at radius 2 is 1.52 bits per heavy atom. The van der Waals surface area contributed by atoms with E-state index in [1.165, 1.54) is 12.0 Å². The van der Waals surface area contributed by atoms with Crippen molar-refractivity contribution in [3.63, 3.8) is 0 Å². The van der Waals surface area contributed by atoms with Crippen LogP contribution in [0.15, 0.2) is 24.3 Å². The fourth-order valence-corrected chi connectivity index (χ4v) is 2.94. The van der Waals surface area contributed by atoms with E-state index < -0.39 is 0 Å². The maximum absolute atomic E-state index is 5.73. The van der Waals surface area contributed by atoms with Crippen LogP contribution in [0.25, 0.3) is 5.32 Å². The molecular formula is C22H38NORb. The van der Waals surface area contributed by atoms with Crippen molar-refractivity contribution in [1.82, 2.24) is 0 Å². The minimum atomic E-state index is 0. The summed E-state index contributed by atoms with van der Waals surface area (Å²) in [5, 5.41) is 4.82. The van der Waals surface area contributed by atoms with Crippen LogP contribution in [0, 0.1) is 22.7 Å². The SMILES string of the molecule is CC(C)COc1ccc(C[N-]CC(C)(C)CC(C)(C)C(C)C)cc1.[Rb+]. The van der Waals surface area contributed by atoms with Crippen LogP contribution >= 0.6 is 0 Å². The third-order valence-electron chi connectivity index (χ3n) is 4.84. The second-order valence-electron chi connectivity index (χ2n) is 9.37. The van der Waals surface area contributed by atoms with E-state index >= 15 is 0 Å². The zero-order valence-electron chi connectivity index (χ0n) is 18.1. The van der Waals surface area contributed by atoms with Crippen molar-refractivity contribution in [3.8, 4) is 5.75 Å².